The third kappa shape index (κ3) is 43.1. The molecule has 2 N–H and O–H groups in total. The zero-order chi connectivity index (χ0) is 43.7. The van der Waals surface area contributed by atoms with Gasteiger partial charge in [0.15, 0.2) is 6.10 Å². The number of carbonyl (C=O) groups excluding carboxylic acids is 2. The molecular weight excluding hydrogens is 766 g/mol. The maximum Gasteiger partial charge on any atom is 0.472 e. The average molecular weight is 849 g/mol. The van der Waals surface area contributed by atoms with Crippen molar-refractivity contribution in [2.75, 3.05) is 47.5 Å². The Kier molecular flexibility index (Phi) is 37.4. The zero-order valence-corrected chi connectivity index (χ0v) is 38.5. The van der Waals surface area contributed by atoms with E-state index in [0.717, 1.165) is 51.4 Å². The van der Waals surface area contributed by atoms with Gasteiger partial charge >= 0.3 is 19.8 Å². The van der Waals surface area contributed by atoms with E-state index in [1.165, 1.54) is 44.9 Å². The molecule has 338 valence electrons. The molecule has 0 aliphatic carbocycles. The monoisotopic (exact) mass is 849 g/mol. The fourth-order valence-electron chi connectivity index (χ4n) is 5.47. The Morgan fingerprint density at radius 3 is 1.86 bits per heavy atom. The Hall–Kier alpha value is -2.85. The van der Waals surface area contributed by atoms with Crippen LogP contribution in [0.1, 0.15) is 149 Å². The summed E-state index contributed by atoms with van der Waals surface area (Å²) in [6.07, 6.45) is 46.7. The number of carbonyl (C=O) groups is 2. The van der Waals surface area contributed by atoms with Gasteiger partial charge in [0.1, 0.15) is 19.8 Å². The maximum atomic E-state index is 12.7. The van der Waals surface area contributed by atoms with Gasteiger partial charge < -0.3 is 24.0 Å². The minimum atomic E-state index is -4.41. The van der Waals surface area contributed by atoms with E-state index < -0.39 is 38.6 Å². The molecule has 0 heterocycles. The van der Waals surface area contributed by atoms with Gasteiger partial charge in [-0.15, -0.1) is 0 Å². The van der Waals surface area contributed by atoms with E-state index in [9.17, 15) is 24.2 Å². The second-order valence-electron chi connectivity index (χ2n) is 15.9. The number of esters is 2. The molecule has 0 rings (SSSR count). The SMILES string of the molecule is CC/C=C\C/C=C\CC(O)/C=C/C=C\C/C=C\C/C=C\CCC(=O)OC(COC(=O)CCCCCCC/C=C\CCCCCCCC)COP(=O)(O)OCC[N+](C)(C)C. The molecule has 10 nitrogen and oxygen atoms in total. The first-order chi connectivity index (χ1) is 28.4. The second-order valence-corrected chi connectivity index (χ2v) is 17.3. The summed E-state index contributed by atoms with van der Waals surface area (Å²) < 4.78 is 34.2. The van der Waals surface area contributed by atoms with E-state index in [1.807, 2.05) is 69.8 Å². The largest absolute Gasteiger partial charge is 0.472 e. The molecule has 0 spiro atoms. The number of unbranched alkanes of at least 4 members (excludes halogenated alkanes) is 11. The van der Waals surface area contributed by atoms with Gasteiger partial charge in [0.25, 0.3) is 0 Å². The van der Waals surface area contributed by atoms with Crippen LogP contribution in [-0.4, -0.2) is 86.1 Å². The van der Waals surface area contributed by atoms with Crippen molar-refractivity contribution >= 4 is 19.8 Å². The number of nitrogens with zero attached hydrogens (tertiary/aromatic N) is 1. The summed E-state index contributed by atoms with van der Waals surface area (Å²) in [7, 11) is 1.38. The number of aliphatic hydroxyl groups excluding tert-OH is 1. The summed E-state index contributed by atoms with van der Waals surface area (Å²) in [5.74, 6) is -0.944. The van der Waals surface area contributed by atoms with E-state index in [2.05, 4.69) is 44.2 Å². The molecule has 0 amide bonds. The van der Waals surface area contributed by atoms with Crippen molar-refractivity contribution in [3.63, 3.8) is 0 Å². The van der Waals surface area contributed by atoms with Crippen LogP contribution in [0.25, 0.3) is 0 Å². The van der Waals surface area contributed by atoms with Crippen molar-refractivity contribution in [2.24, 2.45) is 0 Å². The highest BCUT2D eigenvalue weighted by molar-refractivity contribution is 7.47. The molecule has 0 aromatic rings. The average Bonchev–Trinajstić information content (AvgIpc) is 3.18. The molecular formula is C48H83NO9P+. The lowest BCUT2D eigenvalue weighted by Gasteiger charge is -2.24. The van der Waals surface area contributed by atoms with Crippen molar-refractivity contribution in [3.05, 3.63) is 85.1 Å². The van der Waals surface area contributed by atoms with Crippen LogP contribution in [0.3, 0.4) is 0 Å². The van der Waals surface area contributed by atoms with Gasteiger partial charge in [-0.1, -0.05) is 150 Å². The Morgan fingerprint density at radius 2 is 1.20 bits per heavy atom. The zero-order valence-electron chi connectivity index (χ0n) is 37.6. The molecule has 0 radical (unpaired) electrons. The number of hydrogen-bond acceptors (Lipinski definition) is 8. The topological polar surface area (TPSA) is 129 Å². The van der Waals surface area contributed by atoms with Crippen LogP contribution >= 0.6 is 7.82 Å². The van der Waals surface area contributed by atoms with Crippen LogP contribution in [0.15, 0.2) is 85.1 Å². The predicted octanol–water partition coefficient (Wildman–Crippen LogP) is 11.8. The Bertz CT molecular complexity index is 1300. The highest BCUT2D eigenvalue weighted by Crippen LogP contribution is 2.43. The fourth-order valence-corrected chi connectivity index (χ4v) is 6.21. The summed E-state index contributed by atoms with van der Waals surface area (Å²) in [6, 6.07) is 0. The number of hydrogen-bond donors (Lipinski definition) is 2. The first-order valence-corrected chi connectivity index (χ1v) is 23.9. The molecule has 0 saturated carbocycles. The van der Waals surface area contributed by atoms with E-state index in [-0.39, 0.29) is 26.1 Å². The standard InChI is InChI=1S/C48H82NO9P/c1-6-8-10-12-14-15-16-17-18-19-20-24-27-31-35-39-47(51)55-43-46(44-57-59(53,54)56-42-41-49(3,4)5)58-48(52)40-36-32-28-25-22-21-23-26-30-34-38-45(50)37-33-29-13-11-9-7-2/h9,11,17-18,21-22,26,28-30,32-34,38,45-46,50H,6-8,10,12-16,19-20,23-25,27,31,35-37,39-44H2,1-5H3/p+1/b11-9-,18-17-,22-21-,30-26-,32-28-,33-29-,38-34+. The van der Waals surface area contributed by atoms with Crippen molar-refractivity contribution in [3.8, 4) is 0 Å². The molecule has 0 aromatic heterocycles. The van der Waals surface area contributed by atoms with Crippen LogP contribution in [0, 0.1) is 0 Å². The lowest BCUT2D eigenvalue weighted by Crippen LogP contribution is -2.37. The van der Waals surface area contributed by atoms with Gasteiger partial charge in [-0.2, -0.15) is 0 Å². The smallest absolute Gasteiger partial charge is 0.462 e. The Balaban J connectivity index is 4.57. The summed E-state index contributed by atoms with van der Waals surface area (Å²) in [6.45, 7) is 4.10. The van der Waals surface area contributed by atoms with Crippen molar-refractivity contribution in [2.45, 2.75) is 161 Å². The number of likely N-dealkylation sites (N-methyl/N-ethyl adjacent to an activating group) is 1. The molecule has 11 heteroatoms. The number of aliphatic hydroxyl groups is 1. The lowest BCUT2D eigenvalue weighted by molar-refractivity contribution is -0.870. The van der Waals surface area contributed by atoms with Crippen LogP contribution < -0.4 is 0 Å². The minimum Gasteiger partial charge on any atom is -0.462 e. The minimum absolute atomic E-state index is 0.00336. The highest BCUT2D eigenvalue weighted by Gasteiger charge is 2.27. The molecule has 3 unspecified atom stereocenters. The molecule has 3 atom stereocenters. The molecule has 0 saturated heterocycles. The second kappa shape index (κ2) is 39.3. The summed E-state index contributed by atoms with van der Waals surface area (Å²) in [4.78, 5) is 35.3. The van der Waals surface area contributed by atoms with Gasteiger partial charge in [-0.05, 0) is 70.6 Å². The third-order valence-electron chi connectivity index (χ3n) is 9.00. The number of ether oxygens (including phenoxy) is 2. The van der Waals surface area contributed by atoms with Crippen molar-refractivity contribution in [1.29, 1.82) is 0 Å². The van der Waals surface area contributed by atoms with Gasteiger partial charge in [0.2, 0.25) is 0 Å². The van der Waals surface area contributed by atoms with Crippen LogP contribution in [0.4, 0.5) is 0 Å². The fraction of sp³-hybridized carbons (Fsp3) is 0.667. The Labute approximate surface area is 359 Å². The molecule has 0 bridgehead atoms. The van der Waals surface area contributed by atoms with Gasteiger partial charge in [0, 0.05) is 12.8 Å². The van der Waals surface area contributed by atoms with E-state index in [1.54, 1.807) is 6.08 Å². The van der Waals surface area contributed by atoms with E-state index in [0.29, 0.717) is 36.7 Å². The number of phosphoric ester groups is 1. The van der Waals surface area contributed by atoms with Gasteiger partial charge in [0.05, 0.1) is 33.9 Å². The van der Waals surface area contributed by atoms with Gasteiger partial charge in [-0.25, -0.2) is 4.57 Å². The van der Waals surface area contributed by atoms with Crippen LogP contribution in [0.5, 0.6) is 0 Å². The Morgan fingerprint density at radius 1 is 0.627 bits per heavy atom. The summed E-state index contributed by atoms with van der Waals surface area (Å²) in [5, 5.41) is 10.0. The third-order valence-corrected chi connectivity index (χ3v) is 9.99. The predicted molar refractivity (Wildman–Crippen MR) is 244 cm³/mol. The molecule has 0 aromatic carbocycles. The number of rotatable bonds is 39. The first-order valence-electron chi connectivity index (χ1n) is 22.4. The number of allylic oxidation sites excluding steroid dienone is 12. The molecule has 0 fully saturated rings. The van der Waals surface area contributed by atoms with Crippen molar-refractivity contribution in [1.82, 2.24) is 0 Å². The highest BCUT2D eigenvalue weighted by atomic mass is 31.2. The number of phosphoric acid groups is 1. The van der Waals surface area contributed by atoms with Gasteiger partial charge in [-0.3, -0.25) is 18.6 Å². The lowest BCUT2D eigenvalue weighted by atomic mass is 10.1. The summed E-state index contributed by atoms with van der Waals surface area (Å²) >= 11 is 0. The first kappa shape index (κ1) is 56.1. The number of quaternary nitrogens is 1. The van der Waals surface area contributed by atoms with Crippen LogP contribution in [0.2, 0.25) is 0 Å². The van der Waals surface area contributed by atoms with Crippen molar-refractivity contribution < 1.29 is 47.2 Å². The van der Waals surface area contributed by atoms with E-state index >= 15 is 0 Å². The van der Waals surface area contributed by atoms with Crippen LogP contribution in [-0.2, 0) is 32.7 Å². The van der Waals surface area contributed by atoms with E-state index in [4.69, 9.17) is 18.5 Å². The molecule has 0 aliphatic rings. The maximum absolute atomic E-state index is 12.7. The quantitative estimate of drug-likeness (QED) is 0.0155. The molecule has 59 heavy (non-hydrogen) atoms. The molecule has 0 aliphatic heterocycles. The summed E-state index contributed by atoms with van der Waals surface area (Å²) in [5.41, 5.74) is 0. The normalized spacial score (nSPS) is 14.9.